The fraction of sp³-hybridized carbons (Fsp3) is 0.429. The molecule has 1 aromatic carbocycles. The highest BCUT2D eigenvalue weighted by Gasteiger charge is 2.24. The second kappa shape index (κ2) is 6.45. The van der Waals surface area contributed by atoms with Crippen LogP contribution < -0.4 is 5.14 Å². The number of aryl methyl sites for hydroxylation is 1. The van der Waals surface area contributed by atoms with E-state index in [0.717, 1.165) is 4.90 Å². The number of primary sulfonamides is 1. The summed E-state index contributed by atoms with van der Waals surface area (Å²) in [5.74, 6) is -1.69. The van der Waals surface area contributed by atoms with Gasteiger partial charge >= 0.3 is 5.97 Å². The van der Waals surface area contributed by atoms with E-state index in [2.05, 4.69) is 0 Å². The number of hydrogen-bond acceptors (Lipinski definition) is 4. The Kier molecular flexibility index (Phi) is 5.31. The number of aliphatic carboxylic acids is 1. The normalized spacial score (nSPS) is 11.5. The Morgan fingerprint density at radius 3 is 2.23 bits per heavy atom. The quantitative estimate of drug-likeness (QED) is 0.832. The van der Waals surface area contributed by atoms with Crippen LogP contribution in [0.1, 0.15) is 35.3 Å². The lowest BCUT2D eigenvalue weighted by Crippen LogP contribution is -2.40. The maximum atomic E-state index is 12.5. The van der Waals surface area contributed by atoms with Gasteiger partial charge in [0.05, 0.1) is 4.90 Å². The van der Waals surface area contributed by atoms with Gasteiger partial charge in [-0.1, -0.05) is 0 Å². The molecular weight excluding hydrogens is 308 g/mol. The zero-order valence-electron chi connectivity index (χ0n) is 13.0. The lowest BCUT2D eigenvalue weighted by molar-refractivity contribution is -0.138. The third kappa shape index (κ3) is 4.05. The predicted molar refractivity (Wildman–Crippen MR) is 81.1 cm³/mol. The molecule has 0 heterocycles. The van der Waals surface area contributed by atoms with Crippen molar-refractivity contribution >= 4 is 21.9 Å². The van der Waals surface area contributed by atoms with Crippen LogP contribution in [0.15, 0.2) is 17.0 Å². The van der Waals surface area contributed by atoms with Gasteiger partial charge in [0.1, 0.15) is 6.54 Å². The van der Waals surface area contributed by atoms with Gasteiger partial charge in [0.2, 0.25) is 10.0 Å². The molecule has 0 unspecified atom stereocenters. The first-order chi connectivity index (χ1) is 9.95. The van der Waals surface area contributed by atoms with Crippen molar-refractivity contribution in [1.29, 1.82) is 0 Å². The van der Waals surface area contributed by atoms with Gasteiger partial charge in [0.15, 0.2) is 0 Å². The summed E-state index contributed by atoms with van der Waals surface area (Å²) < 4.78 is 23.2. The van der Waals surface area contributed by atoms with Crippen molar-refractivity contribution in [3.05, 3.63) is 28.8 Å². The zero-order chi connectivity index (χ0) is 17.2. The molecule has 1 amide bonds. The van der Waals surface area contributed by atoms with Gasteiger partial charge in [0, 0.05) is 11.6 Å². The predicted octanol–water partition coefficient (Wildman–Crippen LogP) is 0.886. The number of carbonyl (C=O) groups is 2. The van der Waals surface area contributed by atoms with E-state index in [-0.39, 0.29) is 16.5 Å². The third-order valence-corrected chi connectivity index (χ3v) is 4.40. The van der Waals surface area contributed by atoms with Crippen LogP contribution in [0, 0.1) is 13.8 Å². The molecule has 0 spiro atoms. The second-order valence-corrected chi connectivity index (χ2v) is 6.91. The van der Waals surface area contributed by atoms with Crippen LogP contribution >= 0.6 is 0 Å². The summed E-state index contributed by atoms with van der Waals surface area (Å²) >= 11 is 0. The molecule has 3 N–H and O–H groups in total. The monoisotopic (exact) mass is 328 g/mol. The summed E-state index contributed by atoms with van der Waals surface area (Å²) in [5, 5.41) is 14.1. The Balaban J connectivity index is 3.40. The molecular formula is C14H20N2O5S. The molecule has 22 heavy (non-hydrogen) atoms. The van der Waals surface area contributed by atoms with E-state index in [4.69, 9.17) is 10.2 Å². The van der Waals surface area contributed by atoms with Crippen molar-refractivity contribution in [1.82, 2.24) is 4.90 Å². The van der Waals surface area contributed by atoms with Crippen LogP contribution in [0.4, 0.5) is 0 Å². The average Bonchev–Trinajstić information content (AvgIpc) is 2.36. The highest BCUT2D eigenvalue weighted by molar-refractivity contribution is 7.89. The summed E-state index contributed by atoms with van der Waals surface area (Å²) in [6, 6.07) is 2.38. The van der Waals surface area contributed by atoms with Gasteiger partial charge in [-0.3, -0.25) is 9.59 Å². The molecule has 8 heteroatoms. The smallest absolute Gasteiger partial charge is 0.323 e. The number of nitrogens with zero attached hydrogens (tertiary/aromatic N) is 1. The number of sulfonamides is 1. The van der Waals surface area contributed by atoms with Crippen molar-refractivity contribution in [2.45, 2.75) is 38.6 Å². The average molecular weight is 328 g/mol. The molecule has 0 aliphatic rings. The molecule has 0 fully saturated rings. The van der Waals surface area contributed by atoms with E-state index in [1.807, 2.05) is 0 Å². The van der Waals surface area contributed by atoms with Crippen molar-refractivity contribution in [3.8, 4) is 0 Å². The Labute approximate surface area is 129 Å². The molecule has 0 aliphatic heterocycles. The summed E-state index contributed by atoms with van der Waals surface area (Å²) in [5.41, 5.74) is 1.16. The van der Waals surface area contributed by atoms with Crippen LogP contribution in [0.5, 0.6) is 0 Å². The van der Waals surface area contributed by atoms with Gasteiger partial charge in [-0.05, 0) is 51.0 Å². The summed E-state index contributed by atoms with van der Waals surface area (Å²) in [6.45, 7) is 6.16. The number of benzene rings is 1. The Bertz CT molecular complexity index is 710. The maximum Gasteiger partial charge on any atom is 0.323 e. The molecule has 0 aromatic heterocycles. The van der Waals surface area contributed by atoms with E-state index < -0.39 is 28.4 Å². The first-order valence-corrected chi connectivity index (χ1v) is 8.16. The number of amides is 1. The highest BCUT2D eigenvalue weighted by atomic mass is 32.2. The summed E-state index contributed by atoms with van der Waals surface area (Å²) in [4.78, 5) is 24.4. The highest BCUT2D eigenvalue weighted by Crippen LogP contribution is 2.21. The molecule has 0 radical (unpaired) electrons. The molecule has 0 saturated carbocycles. The Morgan fingerprint density at radius 1 is 1.27 bits per heavy atom. The van der Waals surface area contributed by atoms with Crippen molar-refractivity contribution in [3.63, 3.8) is 0 Å². The minimum atomic E-state index is -3.97. The van der Waals surface area contributed by atoms with Crippen LogP contribution in [-0.2, 0) is 14.8 Å². The van der Waals surface area contributed by atoms with Gasteiger partial charge in [0.25, 0.3) is 5.91 Å². The van der Waals surface area contributed by atoms with E-state index in [0.29, 0.717) is 11.1 Å². The van der Waals surface area contributed by atoms with Gasteiger partial charge in [-0.25, -0.2) is 13.6 Å². The van der Waals surface area contributed by atoms with Gasteiger partial charge < -0.3 is 10.0 Å². The topological polar surface area (TPSA) is 118 Å². The zero-order valence-corrected chi connectivity index (χ0v) is 13.8. The maximum absolute atomic E-state index is 12.5. The van der Waals surface area contributed by atoms with Crippen molar-refractivity contribution in [2.75, 3.05) is 6.54 Å². The number of rotatable bonds is 5. The first kappa shape index (κ1) is 18.1. The third-order valence-electron chi connectivity index (χ3n) is 3.36. The van der Waals surface area contributed by atoms with E-state index in [1.54, 1.807) is 27.7 Å². The summed E-state index contributed by atoms with van der Waals surface area (Å²) in [6.07, 6.45) is 0. The molecule has 1 aromatic rings. The van der Waals surface area contributed by atoms with Crippen LogP contribution in [0.3, 0.4) is 0 Å². The first-order valence-electron chi connectivity index (χ1n) is 6.62. The van der Waals surface area contributed by atoms with Crippen LogP contribution in [-0.4, -0.2) is 42.9 Å². The molecule has 0 aliphatic carbocycles. The summed E-state index contributed by atoms with van der Waals surface area (Å²) in [7, 11) is -3.97. The minimum Gasteiger partial charge on any atom is -0.480 e. The van der Waals surface area contributed by atoms with Crippen LogP contribution in [0.25, 0.3) is 0 Å². The molecule has 0 saturated heterocycles. The molecule has 0 atom stereocenters. The second-order valence-electron chi connectivity index (χ2n) is 5.38. The lowest BCUT2D eigenvalue weighted by atomic mass is 10.0. The van der Waals surface area contributed by atoms with Gasteiger partial charge in [-0.15, -0.1) is 0 Å². The minimum absolute atomic E-state index is 0.0991. The molecule has 1 rings (SSSR count). The number of carbonyl (C=O) groups excluding carboxylic acids is 1. The number of carboxylic acids is 1. The van der Waals surface area contributed by atoms with E-state index in [1.165, 1.54) is 12.1 Å². The lowest BCUT2D eigenvalue weighted by Gasteiger charge is -2.25. The molecule has 0 bridgehead atoms. The fourth-order valence-electron chi connectivity index (χ4n) is 2.05. The Hall–Kier alpha value is -1.93. The van der Waals surface area contributed by atoms with Crippen LogP contribution in [0.2, 0.25) is 0 Å². The van der Waals surface area contributed by atoms with E-state index >= 15 is 0 Å². The number of carboxylic acid groups (broad SMARTS) is 1. The molecule has 7 nitrogen and oxygen atoms in total. The SMILES string of the molecule is Cc1cc(C(=O)N(CC(=O)O)C(C)C)cc(S(N)(=O)=O)c1C. The number of hydrogen-bond donors (Lipinski definition) is 2. The van der Waals surface area contributed by atoms with Gasteiger partial charge in [-0.2, -0.15) is 0 Å². The number of nitrogens with two attached hydrogens (primary N) is 1. The standard InChI is InChI=1S/C14H20N2O5S/c1-8(2)16(7-13(17)18)14(19)11-5-9(3)10(4)12(6-11)22(15,20)21/h5-6,8H,7H2,1-4H3,(H,17,18)(H2,15,20,21). The largest absolute Gasteiger partial charge is 0.480 e. The van der Waals surface area contributed by atoms with Crippen molar-refractivity contribution < 1.29 is 23.1 Å². The van der Waals surface area contributed by atoms with Crippen molar-refractivity contribution in [2.24, 2.45) is 5.14 Å². The molecule has 122 valence electrons. The van der Waals surface area contributed by atoms with E-state index in [9.17, 15) is 18.0 Å². The Morgan fingerprint density at radius 2 is 1.82 bits per heavy atom. The fourth-order valence-corrected chi connectivity index (χ4v) is 2.93.